The van der Waals surface area contributed by atoms with Crippen LogP contribution in [0.4, 0.5) is 17.3 Å². The summed E-state index contributed by atoms with van der Waals surface area (Å²) in [5.41, 5.74) is 2.27. The maximum atomic E-state index is 12.0. The Bertz CT molecular complexity index is 1190. The zero-order valence-corrected chi connectivity index (χ0v) is 17.5. The number of hydrogen-bond acceptors (Lipinski definition) is 7. The van der Waals surface area contributed by atoms with Gasteiger partial charge in [-0.25, -0.2) is 4.98 Å². The molecule has 31 heavy (non-hydrogen) atoms. The molecule has 2 aromatic heterocycles. The Morgan fingerprint density at radius 2 is 2.16 bits per heavy atom. The summed E-state index contributed by atoms with van der Waals surface area (Å²) < 4.78 is 1.72. The van der Waals surface area contributed by atoms with Crippen molar-refractivity contribution >= 4 is 46.6 Å². The SMILES string of the molecule is C[C@H](Nc1cc(Nc2cccc(Cl)c2)nc2c(/C=C3\NC(O)NC3=O)cnn12)C1CC1. The summed E-state index contributed by atoms with van der Waals surface area (Å²) in [6.45, 7) is 2.16. The first-order valence-corrected chi connectivity index (χ1v) is 10.5. The molecule has 2 aliphatic rings. The number of carbonyl (C=O) groups is 1. The summed E-state index contributed by atoms with van der Waals surface area (Å²) in [5, 5.41) is 26.6. The Hall–Kier alpha value is -3.30. The summed E-state index contributed by atoms with van der Waals surface area (Å²) in [4.78, 5) is 16.7. The average Bonchev–Trinajstić information content (AvgIpc) is 3.42. The number of aliphatic hydroxyl groups is 1. The third-order valence-corrected chi connectivity index (χ3v) is 5.64. The number of nitrogens with one attached hydrogen (secondary N) is 4. The molecular formula is C21H22ClN7O2. The maximum absolute atomic E-state index is 12.0. The topological polar surface area (TPSA) is 116 Å². The first kappa shape index (κ1) is 19.7. The van der Waals surface area contributed by atoms with Crippen LogP contribution in [0.5, 0.6) is 0 Å². The normalized spacial score (nSPS) is 20.5. The Labute approximate surface area is 183 Å². The van der Waals surface area contributed by atoms with Gasteiger partial charge in [0, 0.05) is 28.4 Å². The van der Waals surface area contributed by atoms with Crippen molar-refractivity contribution in [2.45, 2.75) is 32.2 Å². The number of rotatable bonds is 6. The van der Waals surface area contributed by atoms with Gasteiger partial charge in [-0.15, -0.1) is 0 Å². The number of fused-ring (bicyclic) bond motifs is 1. The lowest BCUT2D eigenvalue weighted by molar-refractivity contribution is -0.117. The van der Waals surface area contributed by atoms with Crippen LogP contribution in [0.1, 0.15) is 25.3 Å². The number of carbonyl (C=O) groups excluding carboxylic acids is 1. The molecule has 3 heterocycles. The molecule has 0 bridgehead atoms. The fourth-order valence-corrected chi connectivity index (χ4v) is 3.81. The quantitative estimate of drug-likeness (QED) is 0.375. The van der Waals surface area contributed by atoms with Crippen LogP contribution in [0.2, 0.25) is 5.02 Å². The van der Waals surface area contributed by atoms with Gasteiger partial charge in [0.2, 0.25) is 6.35 Å². The molecule has 1 saturated heterocycles. The fourth-order valence-electron chi connectivity index (χ4n) is 3.62. The van der Waals surface area contributed by atoms with Gasteiger partial charge in [0.05, 0.1) is 6.20 Å². The second-order valence-electron chi connectivity index (χ2n) is 7.85. The molecule has 1 unspecified atom stereocenters. The first-order valence-electron chi connectivity index (χ1n) is 10.1. The fraction of sp³-hybridized carbons (Fsp3) is 0.286. The van der Waals surface area contributed by atoms with Crippen molar-refractivity contribution < 1.29 is 9.90 Å². The van der Waals surface area contributed by atoms with Crippen molar-refractivity contribution in [1.82, 2.24) is 25.2 Å². The third kappa shape index (κ3) is 4.14. The van der Waals surface area contributed by atoms with E-state index in [-0.39, 0.29) is 11.6 Å². The number of hydrogen-bond donors (Lipinski definition) is 5. The van der Waals surface area contributed by atoms with Crippen LogP contribution in [0, 0.1) is 5.92 Å². The molecule has 2 fully saturated rings. The molecule has 9 nitrogen and oxygen atoms in total. The van der Waals surface area contributed by atoms with E-state index in [0.29, 0.717) is 34.0 Å². The van der Waals surface area contributed by atoms with Crippen molar-refractivity contribution in [3.8, 4) is 0 Å². The van der Waals surface area contributed by atoms with Crippen molar-refractivity contribution in [2.75, 3.05) is 10.6 Å². The standard InChI is InChI=1S/C21H22ClN7O2/c1-11(12-5-6-12)24-18-9-17(25-15-4-2-3-14(22)8-15)27-19-13(10-23-29(18)19)7-16-20(30)28-21(31)26-16/h2-4,7-12,21,24,26,31H,5-6H2,1H3,(H,25,27)(H,28,30)/b16-7-/t11-,21?/m0/s1. The van der Waals surface area contributed by atoms with E-state index < -0.39 is 6.35 Å². The van der Waals surface area contributed by atoms with Crippen molar-refractivity contribution in [3.05, 3.63) is 52.8 Å². The van der Waals surface area contributed by atoms with Gasteiger partial charge < -0.3 is 26.4 Å². The lowest BCUT2D eigenvalue weighted by Gasteiger charge is -2.17. The van der Waals surface area contributed by atoms with Gasteiger partial charge in [-0.3, -0.25) is 4.79 Å². The van der Waals surface area contributed by atoms with Crippen LogP contribution in [0.3, 0.4) is 0 Å². The van der Waals surface area contributed by atoms with Crippen LogP contribution in [-0.2, 0) is 4.79 Å². The molecule has 0 radical (unpaired) electrons. The van der Waals surface area contributed by atoms with E-state index in [1.54, 1.807) is 16.8 Å². The van der Waals surface area contributed by atoms with E-state index >= 15 is 0 Å². The number of amides is 1. The number of aliphatic hydroxyl groups excluding tert-OH is 1. The van der Waals surface area contributed by atoms with Crippen LogP contribution in [0.25, 0.3) is 11.7 Å². The van der Waals surface area contributed by atoms with Gasteiger partial charge in [0.15, 0.2) is 5.65 Å². The van der Waals surface area contributed by atoms with E-state index in [1.807, 2.05) is 30.3 Å². The zero-order chi connectivity index (χ0) is 21.5. The Balaban J connectivity index is 1.56. The van der Waals surface area contributed by atoms with Gasteiger partial charge in [-0.05, 0) is 50.0 Å². The highest BCUT2D eigenvalue weighted by atomic mass is 35.5. The van der Waals surface area contributed by atoms with Crippen molar-refractivity contribution in [3.63, 3.8) is 0 Å². The Kier molecular flexibility index (Phi) is 4.91. The van der Waals surface area contributed by atoms with Gasteiger partial charge in [0.25, 0.3) is 5.91 Å². The summed E-state index contributed by atoms with van der Waals surface area (Å²) in [7, 11) is 0. The Morgan fingerprint density at radius 3 is 2.87 bits per heavy atom. The van der Waals surface area contributed by atoms with Crippen LogP contribution < -0.4 is 21.3 Å². The van der Waals surface area contributed by atoms with Gasteiger partial charge in [0.1, 0.15) is 17.3 Å². The molecule has 1 aliphatic carbocycles. The minimum Gasteiger partial charge on any atom is -0.367 e. The highest BCUT2D eigenvalue weighted by Crippen LogP contribution is 2.34. The molecule has 1 amide bonds. The molecule has 2 atom stereocenters. The maximum Gasteiger partial charge on any atom is 0.270 e. The largest absolute Gasteiger partial charge is 0.367 e. The van der Waals surface area contributed by atoms with E-state index in [1.165, 1.54) is 12.8 Å². The number of nitrogens with zero attached hydrogens (tertiary/aromatic N) is 3. The predicted molar refractivity (Wildman–Crippen MR) is 119 cm³/mol. The van der Waals surface area contributed by atoms with Gasteiger partial charge in [-0.2, -0.15) is 9.61 Å². The molecule has 1 aliphatic heterocycles. The Morgan fingerprint density at radius 1 is 1.32 bits per heavy atom. The lowest BCUT2D eigenvalue weighted by atomic mass is 10.2. The number of aromatic nitrogens is 3. The average molecular weight is 440 g/mol. The van der Waals surface area contributed by atoms with E-state index in [9.17, 15) is 9.90 Å². The van der Waals surface area contributed by atoms with Gasteiger partial charge in [-0.1, -0.05) is 17.7 Å². The molecule has 1 saturated carbocycles. The molecule has 5 N–H and O–H groups in total. The number of halogens is 1. The van der Waals surface area contributed by atoms with Crippen LogP contribution >= 0.6 is 11.6 Å². The lowest BCUT2D eigenvalue weighted by Crippen LogP contribution is -2.30. The minimum absolute atomic E-state index is 0.248. The van der Waals surface area contributed by atoms with Crippen molar-refractivity contribution in [1.29, 1.82) is 0 Å². The number of benzene rings is 1. The second kappa shape index (κ2) is 7.75. The van der Waals surface area contributed by atoms with E-state index in [4.69, 9.17) is 16.6 Å². The predicted octanol–water partition coefficient (Wildman–Crippen LogP) is 2.67. The highest BCUT2D eigenvalue weighted by Gasteiger charge is 2.29. The molecule has 1 aromatic carbocycles. The van der Waals surface area contributed by atoms with Crippen LogP contribution in [0.15, 0.2) is 42.2 Å². The summed E-state index contributed by atoms with van der Waals surface area (Å²) in [5.74, 6) is 1.67. The highest BCUT2D eigenvalue weighted by molar-refractivity contribution is 6.30. The van der Waals surface area contributed by atoms with Crippen molar-refractivity contribution in [2.24, 2.45) is 5.92 Å². The molecule has 160 valence electrons. The summed E-state index contributed by atoms with van der Waals surface area (Å²) in [6, 6.07) is 9.60. The smallest absolute Gasteiger partial charge is 0.270 e. The van der Waals surface area contributed by atoms with Gasteiger partial charge >= 0.3 is 0 Å². The summed E-state index contributed by atoms with van der Waals surface area (Å²) in [6.07, 6.45) is 4.60. The molecule has 5 rings (SSSR count). The zero-order valence-electron chi connectivity index (χ0n) is 16.8. The monoisotopic (exact) mass is 439 g/mol. The molecule has 10 heteroatoms. The van der Waals surface area contributed by atoms with E-state index in [2.05, 4.69) is 33.3 Å². The number of anilines is 3. The third-order valence-electron chi connectivity index (χ3n) is 5.41. The molecule has 0 spiro atoms. The first-order chi connectivity index (χ1) is 15.0. The molecule has 3 aromatic rings. The van der Waals surface area contributed by atoms with E-state index in [0.717, 1.165) is 11.5 Å². The molecular weight excluding hydrogens is 418 g/mol. The minimum atomic E-state index is -1.11. The van der Waals surface area contributed by atoms with Crippen LogP contribution in [-0.4, -0.2) is 38.0 Å². The second-order valence-corrected chi connectivity index (χ2v) is 8.28. The summed E-state index contributed by atoms with van der Waals surface area (Å²) >= 11 is 6.12.